The van der Waals surface area contributed by atoms with Gasteiger partial charge in [-0.15, -0.1) is 0 Å². The molecule has 1 aromatic carbocycles. The van der Waals surface area contributed by atoms with Crippen molar-refractivity contribution in [3.8, 4) is 0 Å². The maximum Gasteiger partial charge on any atom is 0.285 e. The Morgan fingerprint density at radius 1 is 1.31 bits per heavy atom. The van der Waals surface area contributed by atoms with Crippen molar-refractivity contribution in [2.24, 2.45) is 7.05 Å². The molecule has 2 rings (SSSR count). The number of amides is 1. The molecule has 0 bridgehead atoms. The molecule has 0 saturated carbocycles. The molecule has 0 fully saturated rings. The van der Waals surface area contributed by atoms with Gasteiger partial charge in [-0.25, -0.2) is 8.78 Å². The van der Waals surface area contributed by atoms with Crippen LogP contribution >= 0.6 is 34.8 Å². The van der Waals surface area contributed by atoms with Crippen LogP contribution in [0.1, 0.15) is 35.0 Å². The first-order valence-electron chi connectivity index (χ1n) is 7.18. The maximum atomic E-state index is 13.1. The molecule has 0 N–H and O–H groups in total. The summed E-state index contributed by atoms with van der Waals surface area (Å²) in [6, 6.07) is 2.98. The highest BCUT2D eigenvalue weighted by molar-refractivity contribution is 6.40. The van der Waals surface area contributed by atoms with Crippen LogP contribution < -0.4 is 0 Å². The minimum absolute atomic E-state index is 0.264. The summed E-state index contributed by atoms with van der Waals surface area (Å²) < 4.78 is 27.4. The monoisotopic (exact) mass is 423 g/mol. The largest absolute Gasteiger partial charge is 0.285 e. The zero-order valence-corrected chi connectivity index (χ0v) is 16.2. The van der Waals surface area contributed by atoms with Crippen molar-refractivity contribution in [2.75, 3.05) is 7.11 Å². The summed E-state index contributed by atoms with van der Waals surface area (Å²) in [5.41, 5.74) is -0.224. The first-order valence-corrected chi connectivity index (χ1v) is 8.32. The van der Waals surface area contributed by atoms with Crippen molar-refractivity contribution < 1.29 is 18.4 Å². The van der Waals surface area contributed by atoms with E-state index in [4.69, 9.17) is 39.6 Å². The Balaban J connectivity index is 2.44. The number of benzene rings is 1. The van der Waals surface area contributed by atoms with Crippen LogP contribution in [-0.4, -0.2) is 27.9 Å². The Bertz CT molecular complexity index is 845. The van der Waals surface area contributed by atoms with Gasteiger partial charge in [0.05, 0.1) is 22.7 Å². The van der Waals surface area contributed by atoms with Gasteiger partial charge in [0.25, 0.3) is 12.3 Å². The fourth-order valence-electron chi connectivity index (χ4n) is 2.29. The summed E-state index contributed by atoms with van der Waals surface area (Å²) in [4.78, 5) is 17.7. The topological polar surface area (TPSA) is 47.4 Å². The number of hydrogen-bond acceptors (Lipinski definition) is 3. The van der Waals surface area contributed by atoms with E-state index in [2.05, 4.69) is 5.10 Å². The third kappa shape index (κ3) is 4.35. The zero-order chi connectivity index (χ0) is 19.6. The average molecular weight is 425 g/mol. The number of alkyl halides is 2. The van der Waals surface area contributed by atoms with Crippen LogP contribution in [0.15, 0.2) is 24.0 Å². The fourth-order valence-corrected chi connectivity index (χ4v) is 3.21. The molecule has 10 heteroatoms. The summed E-state index contributed by atoms with van der Waals surface area (Å²) in [5.74, 6) is -0.800. The molecular formula is C16H14Cl3F2N3O2. The smallest absolute Gasteiger partial charge is 0.275 e. The Kier molecular flexibility index (Phi) is 6.63. The molecule has 0 aliphatic carbocycles. The second-order valence-electron chi connectivity index (χ2n) is 5.25. The number of halogens is 5. The predicted octanol–water partition coefficient (Wildman–Crippen LogP) is 5.38. The van der Waals surface area contributed by atoms with Gasteiger partial charge < -0.3 is 0 Å². The van der Waals surface area contributed by atoms with E-state index in [1.165, 1.54) is 38.6 Å². The highest BCUT2D eigenvalue weighted by Crippen LogP contribution is 2.31. The molecule has 0 aliphatic rings. The Morgan fingerprint density at radius 2 is 1.88 bits per heavy atom. The number of aryl methyl sites for hydroxylation is 1. The van der Waals surface area contributed by atoms with Crippen LogP contribution in [0.2, 0.25) is 15.1 Å². The van der Waals surface area contributed by atoms with E-state index >= 15 is 0 Å². The molecule has 0 radical (unpaired) electrons. The highest BCUT2D eigenvalue weighted by Gasteiger charge is 2.27. The Hall–Kier alpha value is -1.67. The second kappa shape index (κ2) is 8.35. The zero-order valence-electron chi connectivity index (χ0n) is 13.9. The molecule has 140 valence electrons. The second-order valence-corrected chi connectivity index (χ2v) is 6.50. The van der Waals surface area contributed by atoms with Gasteiger partial charge in [0.1, 0.15) is 5.69 Å². The van der Waals surface area contributed by atoms with Gasteiger partial charge in [-0.1, -0.05) is 34.8 Å². The fraction of sp³-hybridized carbons (Fsp3) is 0.250. The number of allylic oxidation sites excluding steroid dienone is 1. The molecule has 0 saturated heterocycles. The summed E-state index contributed by atoms with van der Waals surface area (Å²) >= 11 is 18.1. The minimum atomic E-state index is -2.90. The van der Waals surface area contributed by atoms with Gasteiger partial charge in [0.2, 0.25) is 0 Å². The van der Waals surface area contributed by atoms with E-state index in [0.29, 0.717) is 10.6 Å². The van der Waals surface area contributed by atoms with E-state index in [1.807, 2.05) is 0 Å². The highest BCUT2D eigenvalue weighted by atomic mass is 35.5. The van der Waals surface area contributed by atoms with Crippen LogP contribution in [-0.2, 0) is 11.9 Å². The van der Waals surface area contributed by atoms with Crippen LogP contribution in [0.5, 0.6) is 0 Å². The molecule has 1 amide bonds. The predicted molar refractivity (Wildman–Crippen MR) is 96.5 cm³/mol. The Labute approximate surface area is 163 Å². The summed E-state index contributed by atoms with van der Waals surface area (Å²) in [6.07, 6.45) is -0.218. The normalized spacial score (nSPS) is 12.0. The van der Waals surface area contributed by atoms with Crippen LogP contribution in [0.25, 0.3) is 6.08 Å². The minimum Gasteiger partial charge on any atom is -0.275 e. The van der Waals surface area contributed by atoms with Gasteiger partial charge in [-0.2, -0.15) is 10.2 Å². The molecule has 2 aromatic rings. The Morgan fingerprint density at radius 3 is 2.38 bits per heavy atom. The molecule has 1 heterocycles. The number of hydrogen-bond donors (Lipinski definition) is 0. The summed E-state index contributed by atoms with van der Waals surface area (Å²) in [7, 11) is 2.68. The maximum absolute atomic E-state index is 13.1. The number of aromatic nitrogens is 2. The van der Waals surface area contributed by atoms with E-state index < -0.39 is 18.0 Å². The quantitative estimate of drug-likeness (QED) is 0.605. The third-order valence-electron chi connectivity index (χ3n) is 3.38. The average Bonchev–Trinajstić information content (AvgIpc) is 2.93. The SMILES string of the molecule is CON(C(=O)c1cn(C)nc1C(F)F)C(C)=Cc1c(Cl)cc(Cl)cc1Cl. The van der Waals surface area contributed by atoms with Crippen molar-refractivity contribution in [2.45, 2.75) is 13.3 Å². The van der Waals surface area contributed by atoms with Crippen molar-refractivity contribution in [1.82, 2.24) is 14.8 Å². The molecular weight excluding hydrogens is 411 g/mol. The van der Waals surface area contributed by atoms with Gasteiger partial charge >= 0.3 is 0 Å². The molecule has 0 aliphatic heterocycles. The first-order chi connectivity index (χ1) is 12.1. The van der Waals surface area contributed by atoms with E-state index in [0.717, 1.165) is 9.75 Å². The lowest BCUT2D eigenvalue weighted by atomic mass is 10.1. The van der Waals surface area contributed by atoms with E-state index in [9.17, 15) is 13.6 Å². The summed E-state index contributed by atoms with van der Waals surface area (Å²) in [5, 5.41) is 5.35. The van der Waals surface area contributed by atoms with Crippen molar-refractivity contribution in [3.63, 3.8) is 0 Å². The molecule has 0 unspecified atom stereocenters. The number of nitrogens with zero attached hydrogens (tertiary/aromatic N) is 3. The van der Waals surface area contributed by atoms with Crippen LogP contribution in [0.3, 0.4) is 0 Å². The molecule has 5 nitrogen and oxygen atoms in total. The lowest BCUT2D eigenvalue weighted by molar-refractivity contribution is -0.0679. The van der Waals surface area contributed by atoms with Crippen molar-refractivity contribution in [1.29, 1.82) is 0 Å². The summed E-state index contributed by atoms with van der Waals surface area (Å²) in [6.45, 7) is 1.54. The lowest BCUT2D eigenvalue weighted by Crippen LogP contribution is -2.28. The van der Waals surface area contributed by atoms with E-state index in [1.54, 1.807) is 6.92 Å². The van der Waals surface area contributed by atoms with Crippen molar-refractivity contribution >= 4 is 46.8 Å². The number of hydroxylamine groups is 2. The van der Waals surface area contributed by atoms with Gasteiger partial charge in [-0.3, -0.25) is 14.3 Å². The number of carbonyl (C=O) groups is 1. The molecule has 0 spiro atoms. The van der Waals surface area contributed by atoms with Gasteiger partial charge in [0.15, 0.2) is 0 Å². The van der Waals surface area contributed by atoms with Crippen LogP contribution in [0, 0.1) is 0 Å². The standard InChI is InChI=1S/C16H14Cl3F2N3O2/c1-8(4-10-12(18)5-9(17)6-13(10)19)24(26-3)16(25)11-7-23(2)22-14(11)15(20)21/h4-7,15H,1-3H3. The lowest BCUT2D eigenvalue weighted by Gasteiger charge is -2.20. The van der Waals surface area contributed by atoms with E-state index in [-0.39, 0.29) is 21.3 Å². The van der Waals surface area contributed by atoms with Crippen LogP contribution in [0.4, 0.5) is 8.78 Å². The molecule has 26 heavy (non-hydrogen) atoms. The number of carbonyl (C=O) groups excluding carboxylic acids is 1. The number of rotatable bonds is 5. The first kappa shape index (κ1) is 20.6. The van der Waals surface area contributed by atoms with Gasteiger partial charge in [0, 0.05) is 29.5 Å². The van der Waals surface area contributed by atoms with Gasteiger partial charge in [-0.05, 0) is 25.1 Å². The molecule has 1 aromatic heterocycles. The molecule has 0 atom stereocenters. The van der Waals surface area contributed by atoms with Crippen molar-refractivity contribution in [3.05, 3.63) is 55.9 Å². The third-order valence-corrected chi connectivity index (χ3v) is 4.22.